The molecule has 28 heavy (non-hydrogen) atoms. The van der Waals surface area contributed by atoms with Crippen LogP contribution in [0, 0.1) is 11.7 Å². The molecule has 2 atom stereocenters. The van der Waals surface area contributed by atoms with E-state index in [-0.39, 0.29) is 11.8 Å². The van der Waals surface area contributed by atoms with Crippen LogP contribution in [0.5, 0.6) is 0 Å². The molecule has 148 valence electrons. The molecular weight excluding hydrogens is 353 g/mol. The minimum atomic E-state index is -0.326. The topological polar surface area (TPSA) is 29.5 Å². The van der Waals surface area contributed by atoms with Gasteiger partial charge in [-0.25, -0.2) is 9.18 Å². The van der Waals surface area contributed by atoms with Gasteiger partial charge in [0.1, 0.15) is 5.82 Å². The van der Waals surface area contributed by atoms with Crippen molar-refractivity contribution in [1.82, 2.24) is 4.90 Å². The Labute approximate surface area is 166 Å². The summed E-state index contributed by atoms with van der Waals surface area (Å²) < 4.78 is 18.7. The molecule has 0 heterocycles. The molecule has 0 saturated heterocycles. The first kappa shape index (κ1) is 20.3. The fourth-order valence-electron chi connectivity index (χ4n) is 4.18. The van der Waals surface area contributed by atoms with E-state index in [0.717, 1.165) is 36.9 Å². The summed E-state index contributed by atoms with van der Waals surface area (Å²) in [5.74, 6) is 0.285. The van der Waals surface area contributed by atoms with Crippen molar-refractivity contribution >= 4 is 12.0 Å². The first-order valence-corrected chi connectivity index (χ1v) is 9.74. The maximum Gasteiger partial charge on any atom is 0.337 e. The number of hydrogen-bond acceptors (Lipinski definition) is 3. The van der Waals surface area contributed by atoms with Gasteiger partial charge in [-0.2, -0.15) is 0 Å². The van der Waals surface area contributed by atoms with Crippen molar-refractivity contribution in [2.45, 2.75) is 25.2 Å². The average Bonchev–Trinajstić information content (AvgIpc) is 2.68. The molecular formula is C24H28FNO2. The van der Waals surface area contributed by atoms with Crippen LogP contribution in [0.15, 0.2) is 54.1 Å². The Morgan fingerprint density at radius 3 is 2.71 bits per heavy atom. The number of esters is 1. The Balaban J connectivity index is 1.86. The maximum atomic E-state index is 13.8. The zero-order valence-corrected chi connectivity index (χ0v) is 16.8. The Bertz CT molecular complexity index is 859. The third kappa shape index (κ3) is 5.08. The number of methoxy groups -OCH3 is 1. The van der Waals surface area contributed by atoms with Crippen LogP contribution in [0.2, 0.25) is 0 Å². The van der Waals surface area contributed by atoms with Gasteiger partial charge in [0.15, 0.2) is 0 Å². The van der Waals surface area contributed by atoms with E-state index >= 15 is 0 Å². The van der Waals surface area contributed by atoms with E-state index in [1.165, 1.54) is 18.7 Å². The average molecular weight is 381 g/mol. The summed E-state index contributed by atoms with van der Waals surface area (Å²) in [6.45, 7) is 0.992. The highest BCUT2D eigenvalue weighted by Gasteiger charge is 2.29. The van der Waals surface area contributed by atoms with Crippen molar-refractivity contribution in [2.24, 2.45) is 5.92 Å². The van der Waals surface area contributed by atoms with Gasteiger partial charge in [0.25, 0.3) is 0 Å². The van der Waals surface area contributed by atoms with Crippen LogP contribution in [0.1, 0.15) is 46.7 Å². The molecule has 1 aliphatic rings. The number of carbonyl (C=O) groups excluding carboxylic acids is 1. The highest BCUT2D eigenvalue weighted by molar-refractivity contribution is 5.90. The third-order valence-electron chi connectivity index (χ3n) is 5.44. The van der Waals surface area contributed by atoms with Gasteiger partial charge in [-0.05, 0) is 80.6 Å². The molecule has 2 aromatic rings. The standard InChI is InChI=1S/C24H28FNO2/c1-26(2)16-21-11-10-18(14-23(21)19-7-5-9-22(25)15-19)12-17-6-4-8-20(13-17)24(27)28-3/h4-9,12-13,15,21,23H,10-11,14,16H2,1-3H3/t21-,23-/m1/s1. The van der Waals surface area contributed by atoms with Gasteiger partial charge in [0, 0.05) is 6.54 Å². The number of allylic oxidation sites excluding steroid dienone is 1. The quantitative estimate of drug-likeness (QED) is 0.672. The van der Waals surface area contributed by atoms with Crippen LogP contribution in [-0.4, -0.2) is 38.6 Å². The van der Waals surface area contributed by atoms with Gasteiger partial charge in [-0.15, -0.1) is 0 Å². The second-order valence-corrected chi connectivity index (χ2v) is 7.85. The number of rotatable bonds is 5. The lowest BCUT2D eigenvalue weighted by Crippen LogP contribution is -2.29. The molecule has 0 aromatic heterocycles. The molecule has 1 aliphatic carbocycles. The normalized spacial score (nSPS) is 21.1. The van der Waals surface area contributed by atoms with E-state index in [9.17, 15) is 9.18 Å². The number of carbonyl (C=O) groups is 1. The predicted octanol–water partition coefficient (Wildman–Crippen LogP) is 5.14. The van der Waals surface area contributed by atoms with Crippen molar-refractivity contribution in [2.75, 3.05) is 27.7 Å². The summed E-state index contributed by atoms with van der Waals surface area (Å²) in [6.07, 6.45) is 5.17. The lowest BCUT2D eigenvalue weighted by molar-refractivity contribution is 0.0600. The van der Waals surface area contributed by atoms with Gasteiger partial charge in [0.05, 0.1) is 12.7 Å². The third-order valence-corrected chi connectivity index (χ3v) is 5.44. The second kappa shape index (κ2) is 9.16. The smallest absolute Gasteiger partial charge is 0.337 e. The number of halogens is 1. The molecule has 2 aromatic carbocycles. The first-order chi connectivity index (χ1) is 13.5. The number of hydrogen-bond donors (Lipinski definition) is 0. The fraction of sp³-hybridized carbons (Fsp3) is 0.375. The summed E-state index contributed by atoms with van der Waals surface area (Å²) in [4.78, 5) is 14.0. The highest BCUT2D eigenvalue weighted by Crippen LogP contribution is 2.41. The van der Waals surface area contributed by atoms with Gasteiger partial charge in [-0.3, -0.25) is 0 Å². The van der Waals surface area contributed by atoms with E-state index < -0.39 is 0 Å². The Morgan fingerprint density at radius 1 is 1.21 bits per heavy atom. The van der Waals surface area contributed by atoms with Gasteiger partial charge in [0.2, 0.25) is 0 Å². The van der Waals surface area contributed by atoms with Crippen molar-refractivity contribution in [1.29, 1.82) is 0 Å². The minimum Gasteiger partial charge on any atom is -0.465 e. The molecule has 0 bridgehead atoms. The first-order valence-electron chi connectivity index (χ1n) is 9.74. The number of ether oxygens (including phenoxy) is 1. The lowest BCUT2D eigenvalue weighted by atomic mass is 9.73. The van der Waals surface area contributed by atoms with E-state index in [0.29, 0.717) is 17.4 Å². The molecule has 0 radical (unpaired) electrons. The van der Waals surface area contributed by atoms with E-state index in [1.807, 2.05) is 24.3 Å². The molecule has 1 fully saturated rings. The van der Waals surface area contributed by atoms with E-state index in [1.54, 1.807) is 18.2 Å². The van der Waals surface area contributed by atoms with E-state index in [2.05, 4.69) is 25.1 Å². The maximum absolute atomic E-state index is 13.8. The highest BCUT2D eigenvalue weighted by atomic mass is 19.1. The molecule has 0 aliphatic heterocycles. The van der Waals surface area contributed by atoms with Crippen molar-refractivity contribution in [3.05, 3.63) is 76.6 Å². The van der Waals surface area contributed by atoms with Gasteiger partial charge >= 0.3 is 5.97 Å². The number of nitrogens with zero attached hydrogens (tertiary/aromatic N) is 1. The zero-order chi connectivity index (χ0) is 20.1. The monoisotopic (exact) mass is 381 g/mol. The van der Waals surface area contributed by atoms with Crippen LogP contribution in [0.25, 0.3) is 6.08 Å². The Hall–Kier alpha value is -2.46. The second-order valence-electron chi connectivity index (χ2n) is 7.85. The van der Waals surface area contributed by atoms with Crippen LogP contribution in [0.4, 0.5) is 4.39 Å². The Morgan fingerprint density at radius 2 is 2.00 bits per heavy atom. The van der Waals surface area contributed by atoms with Crippen LogP contribution in [0.3, 0.4) is 0 Å². The zero-order valence-electron chi connectivity index (χ0n) is 16.8. The van der Waals surface area contributed by atoms with Crippen LogP contribution in [-0.2, 0) is 4.74 Å². The van der Waals surface area contributed by atoms with Crippen molar-refractivity contribution in [3.8, 4) is 0 Å². The van der Waals surface area contributed by atoms with E-state index in [4.69, 9.17) is 4.74 Å². The van der Waals surface area contributed by atoms with Crippen molar-refractivity contribution < 1.29 is 13.9 Å². The fourth-order valence-corrected chi connectivity index (χ4v) is 4.18. The summed E-state index contributed by atoms with van der Waals surface area (Å²) in [5, 5.41) is 0. The molecule has 0 amide bonds. The molecule has 3 rings (SSSR count). The Kier molecular flexibility index (Phi) is 6.63. The SMILES string of the molecule is COC(=O)c1cccc(C=C2CC[C@H](CN(C)C)[C@@H](c3cccc(F)c3)C2)c1. The molecule has 0 spiro atoms. The summed E-state index contributed by atoms with van der Waals surface area (Å²) in [5.41, 5.74) is 3.97. The molecule has 0 N–H and O–H groups in total. The van der Waals surface area contributed by atoms with Crippen molar-refractivity contribution in [3.63, 3.8) is 0 Å². The van der Waals surface area contributed by atoms with Crippen LogP contribution >= 0.6 is 0 Å². The summed E-state index contributed by atoms with van der Waals surface area (Å²) in [7, 11) is 5.57. The summed E-state index contributed by atoms with van der Waals surface area (Å²) >= 11 is 0. The van der Waals surface area contributed by atoms with Crippen LogP contribution < -0.4 is 0 Å². The largest absolute Gasteiger partial charge is 0.465 e. The minimum absolute atomic E-state index is 0.178. The lowest BCUT2D eigenvalue weighted by Gasteiger charge is -2.35. The number of benzene rings is 2. The summed E-state index contributed by atoms with van der Waals surface area (Å²) in [6, 6.07) is 14.5. The van der Waals surface area contributed by atoms with Gasteiger partial charge in [-0.1, -0.05) is 35.9 Å². The predicted molar refractivity (Wildman–Crippen MR) is 111 cm³/mol. The molecule has 0 unspecified atom stereocenters. The molecule has 1 saturated carbocycles. The van der Waals surface area contributed by atoms with Gasteiger partial charge < -0.3 is 9.64 Å². The molecule has 4 heteroatoms. The molecule has 3 nitrogen and oxygen atoms in total.